The van der Waals surface area contributed by atoms with E-state index in [-0.39, 0.29) is 5.91 Å². The van der Waals surface area contributed by atoms with Crippen LogP contribution in [0.5, 0.6) is 0 Å². The van der Waals surface area contributed by atoms with Crippen molar-refractivity contribution >= 4 is 17.2 Å². The molecule has 2 rings (SSSR count). The highest BCUT2D eigenvalue weighted by Crippen LogP contribution is 2.29. The minimum Gasteiger partial charge on any atom is -0.342 e. The number of hydrogen-bond donors (Lipinski definition) is 0. The van der Waals surface area contributed by atoms with Crippen LogP contribution in [0.3, 0.4) is 0 Å². The summed E-state index contributed by atoms with van der Waals surface area (Å²) in [5, 5.41) is 2.03. The van der Waals surface area contributed by atoms with Gasteiger partial charge in [0.25, 0.3) is 0 Å². The second-order valence-electron chi connectivity index (χ2n) is 5.30. The molecule has 1 fully saturated rings. The summed E-state index contributed by atoms with van der Waals surface area (Å²) in [6.07, 6.45) is 2.84. The van der Waals surface area contributed by atoms with Gasteiger partial charge in [0.1, 0.15) is 0 Å². The smallest absolute Gasteiger partial charge is 0.227 e. The molecule has 0 N–H and O–H groups in total. The minimum atomic E-state index is 0.290. The van der Waals surface area contributed by atoms with Crippen LogP contribution in [-0.4, -0.2) is 23.9 Å². The Bertz CT molecular complexity index is 346. The molecule has 0 saturated carbocycles. The molecule has 1 aliphatic heterocycles. The first-order valence-electron chi connectivity index (χ1n) is 5.87. The van der Waals surface area contributed by atoms with Crippen LogP contribution in [0, 0.1) is 5.41 Å². The van der Waals surface area contributed by atoms with Gasteiger partial charge in [-0.3, -0.25) is 4.79 Å². The molecule has 0 spiro atoms. The average Bonchev–Trinajstić information content (AvgIpc) is 2.70. The van der Waals surface area contributed by atoms with Crippen LogP contribution < -0.4 is 0 Å². The van der Waals surface area contributed by atoms with Crippen LogP contribution in [0.2, 0.25) is 0 Å². The molecule has 1 saturated heterocycles. The maximum atomic E-state index is 12.0. The molecule has 1 aliphatic rings. The van der Waals surface area contributed by atoms with E-state index in [1.807, 2.05) is 22.4 Å². The number of amides is 1. The third-order valence-electron chi connectivity index (χ3n) is 3.38. The summed E-state index contributed by atoms with van der Waals surface area (Å²) in [5.41, 5.74) is 0.416. The van der Waals surface area contributed by atoms with Gasteiger partial charge in [-0.15, -0.1) is 11.3 Å². The zero-order valence-corrected chi connectivity index (χ0v) is 10.8. The second-order valence-corrected chi connectivity index (χ2v) is 6.33. The number of rotatable bonds is 2. The molecule has 3 heteroatoms. The average molecular weight is 237 g/mol. The predicted molar refractivity (Wildman–Crippen MR) is 67.6 cm³/mol. The van der Waals surface area contributed by atoms with Crippen molar-refractivity contribution in [3.05, 3.63) is 22.4 Å². The van der Waals surface area contributed by atoms with Crippen molar-refractivity contribution in [2.45, 2.75) is 33.1 Å². The lowest BCUT2D eigenvalue weighted by molar-refractivity contribution is -0.132. The van der Waals surface area contributed by atoms with E-state index in [0.29, 0.717) is 11.8 Å². The molecule has 1 amide bonds. The van der Waals surface area contributed by atoms with E-state index in [2.05, 4.69) is 13.8 Å². The number of hydrogen-bond acceptors (Lipinski definition) is 2. The van der Waals surface area contributed by atoms with E-state index in [9.17, 15) is 4.79 Å². The minimum absolute atomic E-state index is 0.290. The van der Waals surface area contributed by atoms with Gasteiger partial charge in [0, 0.05) is 18.0 Å². The zero-order valence-electron chi connectivity index (χ0n) is 10.0. The molecule has 2 heterocycles. The number of likely N-dealkylation sites (tertiary alicyclic amines) is 1. The van der Waals surface area contributed by atoms with Crippen LogP contribution in [0.4, 0.5) is 0 Å². The summed E-state index contributed by atoms with van der Waals surface area (Å²) in [5.74, 6) is 0.290. The van der Waals surface area contributed by atoms with E-state index in [0.717, 1.165) is 25.9 Å². The van der Waals surface area contributed by atoms with Gasteiger partial charge in [0.15, 0.2) is 0 Å². The maximum absolute atomic E-state index is 12.0. The summed E-state index contributed by atoms with van der Waals surface area (Å²) in [6.45, 7) is 6.43. The van der Waals surface area contributed by atoms with Gasteiger partial charge in [-0.25, -0.2) is 0 Å². The monoisotopic (exact) mass is 237 g/mol. The summed E-state index contributed by atoms with van der Waals surface area (Å²) in [6, 6.07) is 4.04. The summed E-state index contributed by atoms with van der Waals surface area (Å²) in [4.78, 5) is 15.2. The molecular formula is C13H19NOS. The van der Waals surface area contributed by atoms with Crippen molar-refractivity contribution in [3.63, 3.8) is 0 Å². The molecule has 2 nitrogen and oxygen atoms in total. The number of thiophene rings is 1. The fraction of sp³-hybridized carbons (Fsp3) is 0.615. The molecular weight excluding hydrogens is 218 g/mol. The maximum Gasteiger partial charge on any atom is 0.227 e. The zero-order chi connectivity index (χ0) is 11.6. The predicted octanol–water partition coefficient (Wildman–Crippen LogP) is 2.94. The van der Waals surface area contributed by atoms with Gasteiger partial charge < -0.3 is 4.90 Å². The van der Waals surface area contributed by atoms with Crippen LogP contribution in [-0.2, 0) is 11.2 Å². The van der Waals surface area contributed by atoms with Crippen LogP contribution >= 0.6 is 11.3 Å². The first kappa shape index (κ1) is 11.6. The highest BCUT2D eigenvalue weighted by Gasteiger charge is 2.27. The Kier molecular flexibility index (Phi) is 3.33. The Morgan fingerprint density at radius 3 is 2.69 bits per heavy atom. The Morgan fingerprint density at radius 2 is 2.12 bits per heavy atom. The van der Waals surface area contributed by atoms with Crippen molar-refractivity contribution < 1.29 is 4.79 Å². The molecule has 1 aromatic rings. The number of nitrogens with zero attached hydrogens (tertiary/aromatic N) is 1. The lowest BCUT2D eigenvalue weighted by Gasteiger charge is -2.36. The second kappa shape index (κ2) is 4.58. The number of piperidine rings is 1. The highest BCUT2D eigenvalue weighted by atomic mass is 32.1. The largest absolute Gasteiger partial charge is 0.342 e. The SMILES string of the molecule is CC1(C)CCN(C(=O)Cc2cccs2)CC1. The normalized spacial score (nSPS) is 19.8. The standard InChI is InChI=1S/C13H19NOS/c1-13(2)5-7-14(8-6-13)12(15)10-11-4-3-9-16-11/h3-4,9H,5-8,10H2,1-2H3. The molecule has 0 aliphatic carbocycles. The van der Waals surface area contributed by atoms with Gasteiger partial charge in [-0.05, 0) is 29.7 Å². The summed E-state index contributed by atoms with van der Waals surface area (Å²) in [7, 11) is 0. The van der Waals surface area contributed by atoms with Gasteiger partial charge in [0.2, 0.25) is 5.91 Å². The number of carbonyl (C=O) groups excluding carboxylic acids is 1. The third kappa shape index (κ3) is 2.85. The van der Waals surface area contributed by atoms with E-state index in [1.165, 1.54) is 4.88 Å². The lowest BCUT2D eigenvalue weighted by atomic mass is 9.82. The van der Waals surface area contributed by atoms with E-state index in [1.54, 1.807) is 11.3 Å². The highest BCUT2D eigenvalue weighted by molar-refractivity contribution is 7.10. The quantitative estimate of drug-likeness (QED) is 0.774. The Hall–Kier alpha value is -0.830. The van der Waals surface area contributed by atoms with Crippen molar-refractivity contribution in [2.75, 3.05) is 13.1 Å². The van der Waals surface area contributed by atoms with Gasteiger partial charge in [-0.1, -0.05) is 19.9 Å². The topological polar surface area (TPSA) is 20.3 Å². The van der Waals surface area contributed by atoms with Crippen molar-refractivity contribution in [3.8, 4) is 0 Å². The molecule has 1 aromatic heterocycles. The van der Waals surface area contributed by atoms with Crippen molar-refractivity contribution in [1.82, 2.24) is 4.90 Å². The van der Waals surface area contributed by atoms with Crippen LogP contribution in [0.25, 0.3) is 0 Å². The Balaban J connectivity index is 1.87. The van der Waals surface area contributed by atoms with Gasteiger partial charge >= 0.3 is 0 Å². The molecule has 0 atom stereocenters. The molecule has 0 radical (unpaired) electrons. The Labute approximate surface area is 101 Å². The summed E-state index contributed by atoms with van der Waals surface area (Å²) < 4.78 is 0. The Morgan fingerprint density at radius 1 is 1.44 bits per heavy atom. The fourth-order valence-corrected chi connectivity index (χ4v) is 2.73. The first-order chi connectivity index (χ1) is 7.57. The van der Waals surface area contributed by atoms with Crippen molar-refractivity contribution in [2.24, 2.45) is 5.41 Å². The van der Waals surface area contributed by atoms with Crippen molar-refractivity contribution in [1.29, 1.82) is 0 Å². The number of carbonyl (C=O) groups is 1. The van der Waals surface area contributed by atoms with E-state index in [4.69, 9.17) is 0 Å². The fourth-order valence-electron chi connectivity index (χ4n) is 2.04. The first-order valence-corrected chi connectivity index (χ1v) is 6.75. The molecule has 16 heavy (non-hydrogen) atoms. The molecule has 0 unspecified atom stereocenters. The molecule has 88 valence electrons. The van der Waals surface area contributed by atoms with E-state index >= 15 is 0 Å². The van der Waals surface area contributed by atoms with Gasteiger partial charge in [0.05, 0.1) is 6.42 Å². The summed E-state index contributed by atoms with van der Waals surface area (Å²) >= 11 is 1.67. The van der Waals surface area contributed by atoms with Crippen LogP contribution in [0.15, 0.2) is 17.5 Å². The van der Waals surface area contributed by atoms with Gasteiger partial charge in [-0.2, -0.15) is 0 Å². The molecule has 0 bridgehead atoms. The molecule has 0 aromatic carbocycles. The van der Waals surface area contributed by atoms with Crippen LogP contribution in [0.1, 0.15) is 31.6 Å². The third-order valence-corrected chi connectivity index (χ3v) is 4.25. The lowest BCUT2D eigenvalue weighted by Crippen LogP contribution is -2.41. The van der Waals surface area contributed by atoms with E-state index < -0.39 is 0 Å².